The fraction of sp³-hybridized carbons (Fsp3) is 0.471. The SMILES string of the molecule is O=C(NC1CCCCC1)C1=NN(c2ccc(Br)cc2)C(=O)CC1. The van der Waals surface area contributed by atoms with Crippen molar-refractivity contribution in [1.29, 1.82) is 0 Å². The zero-order valence-corrected chi connectivity index (χ0v) is 14.5. The van der Waals surface area contributed by atoms with Gasteiger partial charge in [0.2, 0.25) is 5.91 Å². The predicted molar refractivity (Wildman–Crippen MR) is 93.3 cm³/mol. The number of benzene rings is 1. The van der Waals surface area contributed by atoms with E-state index in [1.165, 1.54) is 24.3 Å². The Morgan fingerprint density at radius 2 is 1.83 bits per heavy atom. The quantitative estimate of drug-likeness (QED) is 0.877. The molecule has 23 heavy (non-hydrogen) atoms. The fourth-order valence-corrected chi connectivity index (χ4v) is 3.28. The van der Waals surface area contributed by atoms with Crippen molar-refractivity contribution in [2.24, 2.45) is 5.10 Å². The number of hydrogen-bond donors (Lipinski definition) is 1. The van der Waals surface area contributed by atoms with Gasteiger partial charge in [-0.15, -0.1) is 0 Å². The number of carbonyl (C=O) groups is 2. The summed E-state index contributed by atoms with van der Waals surface area (Å²) in [6.45, 7) is 0. The molecule has 6 heteroatoms. The van der Waals surface area contributed by atoms with Crippen molar-refractivity contribution in [3.8, 4) is 0 Å². The smallest absolute Gasteiger partial charge is 0.267 e. The molecule has 0 aromatic heterocycles. The number of hydrazone groups is 1. The third-order valence-corrected chi connectivity index (χ3v) is 4.83. The molecule has 1 aromatic rings. The number of hydrogen-bond acceptors (Lipinski definition) is 3. The molecule has 0 bridgehead atoms. The molecule has 1 aliphatic heterocycles. The molecule has 2 amide bonds. The molecule has 1 heterocycles. The summed E-state index contributed by atoms with van der Waals surface area (Å²) in [5, 5.41) is 8.71. The van der Waals surface area contributed by atoms with Gasteiger partial charge < -0.3 is 5.32 Å². The Hall–Kier alpha value is -1.69. The van der Waals surface area contributed by atoms with Crippen molar-refractivity contribution < 1.29 is 9.59 Å². The summed E-state index contributed by atoms with van der Waals surface area (Å²) in [4.78, 5) is 24.5. The molecule has 1 fully saturated rings. The van der Waals surface area contributed by atoms with Crippen LogP contribution < -0.4 is 10.3 Å². The molecule has 122 valence electrons. The van der Waals surface area contributed by atoms with E-state index in [2.05, 4.69) is 26.3 Å². The largest absolute Gasteiger partial charge is 0.348 e. The summed E-state index contributed by atoms with van der Waals surface area (Å²) in [6.07, 6.45) is 6.38. The van der Waals surface area contributed by atoms with Crippen molar-refractivity contribution in [1.82, 2.24) is 5.32 Å². The third-order valence-electron chi connectivity index (χ3n) is 4.31. The number of nitrogens with one attached hydrogen (secondary N) is 1. The van der Waals surface area contributed by atoms with Gasteiger partial charge in [0.1, 0.15) is 5.71 Å². The molecule has 0 radical (unpaired) electrons. The highest BCUT2D eigenvalue weighted by molar-refractivity contribution is 9.10. The van der Waals surface area contributed by atoms with Gasteiger partial charge in [0.05, 0.1) is 5.69 Å². The lowest BCUT2D eigenvalue weighted by Gasteiger charge is -2.26. The molecule has 0 saturated heterocycles. The number of rotatable bonds is 3. The number of halogens is 1. The van der Waals surface area contributed by atoms with Crippen LogP contribution in [0.15, 0.2) is 33.8 Å². The van der Waals surface area contributed by atoms with Gasteiger partial charge in [-0.05, 0) is 37.1 Å². The molecule has 1 aliphatic carbocycles. The van der Waals surface area contributed by atoms with Crippen molar-refractivity contribution in [3.63, 3.8) is 0 Å². The van der Waals surface area contributed by atoms with Crippen LogP contribution in [0.1, 0.15) is 44.9 Å². The summed E-state index contributed by atoms with van der Waals surface area (Å²) in [7, 11) is 0. The van der Waals surface area contributed by atoms with Gasteiger partial charge >= 0.3 is 0 Å². The van der Waals surface area contributed by atoms with E-state index in [-0.39, 0.29) is 17.9 Å². The highest BCUT2D eigenvalue weighted by atomic mass is 79.9. The van der Waals surface area contributed by atoms with Crippen LogP contribution in [0.4, 0.5) is 5.69 Å². The first-order chi connectivity index (χ1) is 11.1. The molecular weight excluding hydrogens is 358 g/mol. The molecule has 5 nitrogen and oxygen atoms in total. The molecular formula is C17H20BrN3O2. The van der Waals surface area contributed by atoms with Gasteiger partial charge in [-0.1, -0.05) is 35.2 Å². The predicted octanol–water partition coefficient (Wildman–Crippen LogP) is 3.38. The summed E-state index contributed by atoms with van der Waals surface area (Å²) in [5.74, 6) is -0.215. The maximum absolute atomic E-state index is 12.4. The topological polar surface area (TPSA) is 61.8 Å². The second-order valence-corrected chi connectivity index (χ2v) is 6.95. The summed E-state index contributed by atoms with van der Waals surface area (Å²) in [5.41, 5.74) is 1.12. The van der Waals surface area contributed by atoms with Crippen molar-refractivity contribution in [2.45, 2.75) is 51.0 Å². The monoisotopic (exact) mass is 377 g/mol. The van der Waals surface area contributed by atoms with Crippen molar-refractivity contribution >= 4 is 39.1 Å². The zero-order chi connectivity index (χ0) is 16.2. The van der Waals surface area contributed by atoms with E-state index in [0.29, 0.717) is 24.2 Å². The minimum Gasteiger partial charge on any atom is -0.348 e. The Morgan fingerprint density at radius 1 is 1.13 bits per heavy atom. The minimum absolute atomic E-state index is 0.0819. The van der Waals surface area contributed by atoms with Crippen LogP contribution in [0.5, 0.6) is 0 Å². The first-order valence-electron chi connectivity index (χ1n) is 8.10. The van der Waals surface area contributed by atoms with Crippen molar-refractivity contribution in [2.75, 3.05) is 5.01 Å². The first kappa shape index (κ1) is 16.2. The van der Waals surface area contributed by atoms with Gasteiger partial charge in [-0.3, -0.25) is 9.59 Å². The fourth-order valence-electron chi connectivity index (χ4n) is 3.02. The van der Waals surface area contributed by atoms with E-state index in [0.717, 1.165) is 17.3 Å². The van der Waals surface area contributed by atoms with Crippen LogP contribution in [0.2, 0.25) is 0 Å². The maximum atomic E-state index is 12.4. The minimum atomic E-state index is -0.133. The lowest BCUT2D eigenvalue weighted by Crippen LogP contribution is -2.43. The van der Waals surface area contributed by atoms with E-state index in [9.17, 15) is 9.59 Å². The Kier molecular flexibility index (Phi) is 5.10. The van der Waals surface area contributed by atoms with E-state index in [1.54, 1.807) is 0 Å². The average molecular weight is 378 g/mol. The van der Waals surface area contributed by atoms with Crippen LogP contribution >= 0.6 is 15.9 Å². The Bertz CT molecular complexity index is 621. The molecule has 1 N–H and O–H groups in total. The summed E-state index contributed by atoms with van der Waals surface area (Å²) >= 11 is 3.37. The second kappa shape index (κ2) is 7.25. The lowest BCUT2D eigenvalue weighted by molar-refractivity contribution is -0.119. The zero-order valence-electron chi connectivity index (χ0n) is 12.9. The van der Waals surface area contributed by atoms with Crippen LogP contribution in [0.3, 0.4) is 0 Å². The van der Waals surface area contributed by atoms with Crippen LogP contribution in [0, 0.1) is 0 Å². The maximum Gasteiger partial charge on any atom is 0.267 e. The first-order valence-corrected chi connectivity index (χ1v) is 8.89. The number of amides is 2. The molecule has 0 spiro atoms. The van der Waals surface area contributed by atoms with E-state index >= 15 is 0 Å². The normalized spacial score (nSPS) is 19.4. The average Bonchev–Trinajstić information content (AvgIpc) is 2.57. The lowest BCUT2D eigenvalue weighted by atomic mass is 9.95. The van der Waals surface area contributed by atoms with Gasteiger partial charge in [0.25, 0.3) is 5.91 Å². The van der Waals surface area contributed by atoms with Crippen molar-refractivity contribution in [3.05, 3.63) is 28.7 Å². The molecule has 0 unspecified atom stereocenters. The number of carbonyl (C=O) groups excluding carboxylic acids is 2. The van der Waals surface area contributed by atoms with Crippen LogP contribution in [-0.4, -0.2) is 23.6 Å². The highest BCUT2D eigenvalue weighted by Crippen LogP contribution is 2.23. The standard InChI is InChI=1S/C17H20BrN3O2/c18-12-6-8-14(9-7-12)21-16(22)11-10-15(20-21)17(23)19-13-4-2-1-3-5-13/h6-9,13H,1-5,10-11H2,(H,19,23). The van der Waals surface area contributed by atoms with Gasteiger partial charge in [0, 0.05) is 23.4 Å². The second-order valence-electron chi connectivity index (χ2n) is 6.04. The highest BCUT2D eigenvalue weighted by Gasteiger charge is 2.27. The van der Waals surface area contributed by atoms with Gasteiger partial charge in [-0.25, -0.2) is 5.01 Å². The third kappa shape index (κ3) is 3.99. The van der Waals surface area contributed by atoms with E-state index in [1.807, 2.05) is 24.3 Å². The van der Waals surface area contributed by atoms with Gasteiger partial charge in [-0.2, -0.15) is 5.10 Å². The number of nitrogens with zero attached hydrogens (tertiary/aromatic N) is 2. The van der Waals surface area contributed by atoms with Crippen LogP contribution in [0.25, 0.3) is 0 Å². The molecule has 2 aliphatic rings. The van der Waals surface area contributed by atoms with E-state index in [4.69, 9.17) is 0 Å². The Balaban J connectivity index is 1.73. The number of anilines is 1. The summed E-state index contributed by atoms with van der Waals surface area (Å²) < 4.78 is 0.935. The molecule has 1 saturated carbocycles. The molecule has 1 aromatic carbocycles. The van der Waals surface area contributed by atoms with E-state index < -0.39 is 0 Å². The van der Waals surface area contributed by atoms with Gasteiger partial charge in [0.15, 0.2) is 0 Å². The Labute approximate surface area is 144 Å². The Morgan fingerprint density at radius 3 is 2.52 bits per heavy atom. The summed E-state index contributed by atoms with van der Waals surface area (Å²) in [6, 6.07) is 7.59. The molecule has 0 atom stereocenters. The van der Waals surface area contributed by atoms with Crippen LogP contribution in [-0.2, 0) is 9.59 Å². The molecule has 3 rings (SSSR count).